The fourth-order valence-corrected chi connectivity index (χ4v) is 5.82. The normalized spacial score (nSPS) is 19.6. The molecule has 2 aromatic heterocycles. The van der Waals surface area contributed by atoms with E-state index < -0.39 is 11.0 Å². The van der Waals surface area contributed by atoms with E-state index in [4.69, 9.17) is 9.26 Å². The van der Waals surface area contributed by atoms with Crippen molar-refractivity contribution in [3.8, 4) is 5.75 Å². The average molecular weight is 386 g/mol. The molecule has 8 heteroatoms. The van der Waals surface area contributed by atoms with Gasteiger partial charge in [-0.05, 0) is 54.9 Å². The van der Waals surface area contributed by atoms with Gasteiger partial charge in [-0.25, -0.2) is 4.21 Å². The van der Waals surface area contributed by atoms with Crippen molar-refractivity contribution < 1.29 is 13.5 Å². The average Bonchev–Trinajstić information content (AvgIpc) is 3.22. The molecule has 0 saturated heterocycles. The van der Waals surface area contributed by atoms with Crippen LogP contribution in [-0.2, 0) is 17.5 Å². The zero-order valence-corrected chi connectivity index (χ0v) is 16.0. The van der Waals surface area contributed by atoms with Crippen molar-refractivity contribution in [1.29, 1.82) is 0 Å². The third-order valence-electron chi connectivity index (χ3n) is 5.96. The van der Waals surface area contributed by atoms with E-state index in [1.54, 1.807) is 13.3 Å². The van der Waals surface area contributed by atoms with Crippen LogP contribution < -0.4 is 9.46 Å². The van der Waals surface area contributed by atoms with Crippen LogP contribution in [0.5, 0.6) is 5.75 Å². The molecule has 1 N–H and O–H groups in total. The predicted octanol–water partition coefficient (Wildman–Crippen LogP) is 3.49. The second-order valence-electron chi connectivity index (χ2n) is 7.69. The van der Waals surface area contributed by atoms with Gasteiger partial charge >= 0.3 is 0 Å². The first-order valence-electron chi connectivity index (χ1n) is 9.27. The van der Waals surface area contributed by atoms with Gasteiger partial charge in [0.15, 0.2) is 11.4 Å². The quantitative estimate of drug-likeness (QED) is 0.701. The van der Waals surface area contributed by atoms with E-state index in [-0.39, 0.29) is 5.25 Å². The summed E-state index contributed by atoms with van der Waals surface area (Å²) in [6.45, 7) is 0.610. The second-order valence-corrected chi connectivity index (χ2v) is 9.15. The van der Waals surface area contributed by atoms with E-state index >= 15 is 0 Å². The van der Waals surface area contributed by atoms with Gasteiger partial charge in [0, 0.05) is 12.4 Å². The number of ether oxygens (including phenoxy) is 1. The lowest BCUT2D eigenvalue weighted by Gasteiger charge is -2.53. The maximum absolute atomic E-state index is 12.7. The molecule has 0 aliphatic heterocycles. The van der Waals surface area contributed by atoms with E-state index in [0.717, 1.165) is 23.8 Å². The molecule has 0 radical (unpaired) electrons. The monoisotopic (exact) mass is 386 g/mol. The highest BCUT2D eigenvalue weighted by atomic mass is 32.2. The number of rotatable bonds is 6. The van der Waals surface area contributed by atoms with E-state index in [1.165, 1.54) is 19.3 Å². The lowest BCUT2D eigenvalue weighted by molar-refractivity contribution is 0.0368. The molecule has 2 aliphatic rings. The molecule has 0 amide bonds. The first-order valence-corrected chi connectivity index (χ1v) is 10.5. The van der Waals surface area contributed by atoms with Crippen molar-refractivity contribution in [2.45, 2.75) is 43.9 Å². The fraction of sp³-hybridized carbons (Fsp3) is 0.474. The maximum Gasteiger partial charge on any atom is 0.192 e. The fourth-order valence-electron chi connectivity index (χ4n) is 4.31. The summed E-state index contributed by atoms with van der Waals surface area (Å²) in [4.78, 5) is 0. The number of hydrogen-bond acceptors (Lipinski definition) is 5. The number of anilines is 1. The summed E-state index contributed by atoms with van der Waals surface area (Å²) in [5.74, 6) is 1.14. The predicted molar refractivity (Wildman–Crippen MR) is 103 cm³/mol. The lowest BCUT2D eigenvalue weighted by atomic mass is 9.56. The van der Waals surface area contributed by atoms with E-state index in [0.29, 0.717) is 29.1 Å². The molecular weight excluding hydrogens is 364 g/mol. The van der Waals surface area contributed by atoms with Gasteiger partial charge in [0.05, 0.1) is 18.9 Å². The van der Waals surface area contributed by atoms with Gasteiger partial charge in [0.25, 0.3) is 0 Å². The highest BCUT2D eigenvalue weighted by Crippen LogP contribution is 2.57. The van der Waals surface area contributed by atoms with Crippen molar-refractivity contribution in [2.24, 2.45) is 5.41 Å². The van der Waals surface area contributed by atoms with Gasteiger partial charge in [-0.1, -0.05) is 11.6 Å². The summed E-state index contributed by atoms with van der Waals surface area (Å²) in [5.41, 5.74) is 2.10. The van der Waals surface area contributed by atoms with Crippen molar-refractivity contribution in [3.63, 3.8) is 0 Å². The summed E-state index contributed by atoms with van der Waals surface area (Å²) in [6.07, 6.45) is 9.65. The van der Waals surface area contributed by atoms with Gasteiger partial charge in [0.1, 0.15) is 22.1 Å². The number of hydrogen-bond donors (Lipinski definition) is 1. The molecule has 2 fully saturated rings. The third-order valence-corrected chi connectivity index (χ3v) is 7.29. The lowest BCUT2D eigenvalue weighted by Crippen LogP contribution is -2.48. The van der Waals surface area contributed by atoms with Crippen LogP contribution in [0.2, 0.25) is 0 Å². The molecule has 1 atom stereocenters. The minimum absolute atomic E-state index is 0.196. The molecule has 2 heterocycles. The van der Waals surface area contributed by atoms with Crippen LogP contribution in [0.3, 0.4) is 0 Å². The molecule has 1 aromatic carbocycles. The summed E-state index contributed by atoms with van der Waals surface area (Å²) in [5, 5.41) is 9.26. The van der Waals surface area contributed by atoms with Crippen LogP contribution in [0.25, 0.3) is 11.0 Å². The Morgan fingerprint density at radius 3 is 2.93 bits per heavy atom. The summed E-state index contributed by atoms with van der Waals surface area (Å²) >= 11 is 0. The molecule has 27 heavy (non-hydrogen) atoms. The van der Waals surface area contributed by atoms with Gasteiger partial charge in [0.2, 0.25) is 0 Å². The van der Waals surface area contributed by atoms with Gasteiger partial charge in [-0.2, -0.15) is 5.10 Å². The summed E-state index contributed by atoms with van der Waals surface area (Å²) < 4.78 is 28.7. The van der Waals surface area contributed by atoms with Crippen LogP contribution >= 0.6 is 0 Å². The molecule has 2 aliphatic carbocycles. The molecular formula is C19H22N4O3S. The van der Waals surface area contributed by atoms with E-state index in [9.17, 15) is 4.21 Å². The molecule has 2 saturated carbocycles. The molecule has 0 bridgehead atoms. The van der Waals surface area contributed by atoms with Crippen molar-refractivity contribution in [2.75, 3.05) is 11.8 Å². The maximum atomic E-state index is 12.7. The van der Waals surface area contributed by atoms with E-state index in [2.05, 4.69) is 15.0 Å². The van der Waals surface area contributed by atoms with E-state index in [1.807, 2.05) is 29.1 Å². The molecule has 3 aromatic rings. The van der Waals surface area contributed by atoms with Crippen LogP contribution in [0.4, 0.5) is 5.82 Å². The molecule has 7 nitrogen and oxygen atoms in total. The largest absolute Gasteiger partial charge is 0.496 e. The van der Waals surface area contributed by atoms with Crippen LogP contribution in [-0.4, -0.2) is 31.5 Å². The zero-order chi connectivity index (χ0) is 18.4. The number of methoxy groups -OCH3 is 1. The minimum atomic E-state index is -1.16. The summed E-state index contributed by atoms with van der Waals surface area (Å²) in [7, 11) is 0.456. The first-order chi connectivity index (χ1) is 13.2. The number of benzene rings is 1. The second kappa shape index (κ2) is 6.37. The summed E-state index contributed by atoms with van der Waals surface area (Å²) in [6, 6.07) is 5.76. The Morgan fingerprint density at radius 2 is 2.26 bits per heavy atom. The Labute approximate surface area is 159 Å². The Morgan fingerprint density at radius 1 is 1.41 bits per heavy atom. The van der Waals surface area contributed by atoms with Crippen molar-refractivity contribution >= 4 is 27.8 Å². The topological polar surface area (TPSA) is 82.2 Å². The highest BCUT2D eigenvalue weighted by molar-refractivity contribution is 7.87. The molecule has 142 valence electrons. The Kier molecular flexibility index (Phi) is 3.96. The van der Waals surface area contributed by atoms with Gasteiger partial charge < -0.3 is 9.26 Å². The highest BCUT2D eigenvalue weighted by Gasteiger charge is 2.50. The zero-order valence-electron chi connectivity index (χ0n) is 15.2. The minimum Gasteiger partial charge on any atom is -0.496 e. The van der Waals surface area contributed by atoms with Crippen molar-refractivity contribution in [3.05, 3.63) is 36.2 Å². The number of nitrogens with zero attached hydrogens (tertiary/aromatic N) is 3. The number of fused-ring (bicyclic) bond motifs is 1. The SMILES string of the molecule is COc1cc(Cn2cccn2)cc2onc(NS(=O)C3CC4(CCC4)C3)c12. The number of nitrogens with one attached hydrogen (secondary N) is 1. The van der Waals surface area contributed by atoms with Crippen LogP contribution in [0.1, 0.15) is 37.7 Å². The first kappa shape index (κ1) is 16.8. The van der Waals surface area contributed by atoms with Crippen LogP contribution in [0, 0.1) is 5.41 Å². The molecule has 1 unspecified atom stereocenters. The molecule has 5 rings (SSSR count). The molecule has 1 spiro atoms. The Bertz CT molecular complexity index is 986. The van der Waals surface area contributed by atoms with Crippen LogP contribution in [0.15, 0.2) is 35.1 Å². The Hall–Kier alpha value is -2.35. The van der Waals surface area contributed by atoms with Gasteiger partial charge in [-0.3, -0.25) is 9.40 Å². The Balaban J connectivity index is 1.37. The number of aromatic nitrogens is 3. The standard InChI is InChI=1S/C19H22N4O3S/c1-25-15-8-13(12-23-7-3-6-20-23)9-16-17(15)18(21-26-16)22-27(24)14-10-19(11-14)4-2-5-19/h3,6-9,14H,2,4-5,10-12H2,1H3,(H,21,22). The van der Waals surface area contributed by atoms with Crippen molar-refractivity contribution in [1.82, 2.24) is 14.9 Å². The smallest absolute Gasteiger partial charge is 0.192 e. The van der Waals surface area contributed by atoms with Gasteiger partial charge in [-0.15, -0.1) is 0 Å². The third kappa shape index (κ3) is 2.92.